The van der Waals surface area contributed by atoms with Crippen molar-refractivity contribution < 1.29 is 9.59 Å². The van der Waals surface area contributed by atoms with Gasteiger partial charge in [-0.05, 0) is 54.8 Å². The molecule has 2 aliphatic heterocycles. The quantitative estimate of drug-likeness (QED) is 0.630. The van der Waals surface area contributed by atoms with Crippen LogP contribution >= 0.6 is 0 Å². The number of carbonyl (C=O) groups is 2. The molecule has 0 spiro atoms. The highest BCUT2D eigenvalue weighted by molar-refractivity contribution is 5.99. The SMILES string of the molecule is N#Cc1cccc(NC(=O)Nc2ccc3n(c2=O)CC2CC3CN(C(=O)c3ccccn3)C2)c1. The van der Waals surface area contributed by atoms with Crippen molar-refractivity contribution in [3.8, 4) is 6.07 Å². The van der Waals surface area contributed by atoms with E-state index in [1.54, 1.807) is 59.3 Å². The number of piperidine rings is 1. The number of urea groups is 1. The highest BCUT2D eigenvalue weighted by Crippen LogP contribution is 2.35. The summed E-state index contributed by atoms with van der Waals surface area (Å²) in [7, 11) is 0. The van der Waals surface area contributed by atoms with Crippen molar-refractivity contribution in [3.63, 3.8) is 0 Å². The highest BCUT2D eigenvalue weighted by atomic mass is 16.2. The second-order valence-corrected chi connectivity index (χ2v) is 8.58. The molecule has 1 aromatic carbocycles. The summed E-state index contributed by atoms with van der Waals surface area (Å²) in [5.74, 6) is 0.0976. The van der Waals surface area contributed by atoms with Gasteiger partial charge < -0.3 is 20.1 Å². The van der Waals surface area contributed by atoms with Gasteiger partial charge in [-0.2, -0.15) is 5.26 Å². The van der Waals surface area contributed by atoms with Crippen LogP contribution in [0, 0.1) is 17.2 Å². The van der Waals surface area contributed by atoms with Gasteiger partial charge in [0.2, 0.25) is 0 Å². The number of likely N-dealkylation sites (tertiary alicyclic amines) is 1. The summed E-state index contributed by atoms with van der Waals surface area (Å²) in [5.41, 5.74) is 2.09. The maximum absolute atomic E-state index is 13.2. The molecule has 9 heteroatoms. The van der Waals surface area contributed by atoms with Crippen molar-refractivity contribution >= 4 is 23.3 Å². The van der Waals surface area contributed by atoms with E-state index < -0.39 is 6.03 Å². The predicted octanol–water partition coefficient (Wildman–Crippen LogP) is 3.02. The van der Waals surface area contributed by atoms with Crippen molar-refractivity contribution in [2.75, 3.05) is 23.7 Å². The second-order valence-electron chi connectivity index (χ2n) is 8.58. The molecule has 2 aliphatic rings. The number of nitriles is 1. The summed E-state index contributed by atoms with van der Waals surface area (Å²) in [6.45, 7) is 1.57. The van der Waals surface area contributed by atoms with E-state index in [1.807, 2.05) is 17.0 Å². The number of amides is 3. The Balaban J connectivity index is 1.32. The van der Waals surface area contributed by atoms with Crippen molar-refractivity contribution in [1.82, 2.24) is 14.5 Å². The van der Waals surface area contributed by atoms with Gasteiger partial charge in [-0.15, -0.1) is 0 Å². The van der Waals surface area contributed by atoms with Gasteiger partial charge in [0.25, 0.3) is 11.5 Å². The molecule has 170 valence electrons. The zero-order chi connectivity index (χ0) is 23.7. The number of nitrogens with zero attached hydrogens (tertiary/aromatic N) is 4. The minimum Gasteiger partial charge on any atom is -0.336 e. The number of carbonyl (C=O) groups excluding carboxylic acids is 2. The van der Waals surface area contributed by atoms with Crippen molar-refractivity contribution in [2.24, 2.45) is 5.92 Å². The largest absolute Gasteiger partial charge is 0.336 e. The number of aromatic nitrogens is 2. The Morgan fingerprint density at radius 2 is 1.91 bits per heavy atom. The maximum Gasteiger partial charge on any atom is 0.323 e. The summed E-state index contributed by atoms with van der Waals surface area (Å²) in [4.78, 5) is 44.5. The second kappa shape index (κ2) is 8.83. The number of pyridine rings is 2. The van der Waals surface area contributed by atoms with E-state index in [0.29, 0.717) is 36.6 Å². The summed E-state index contributed by atoms with van der Waals surface area (Å²) in [6.07, 6.45) is 2.52. The molecule has 1 saturated heterocycles. The molecule has 34 heavy (non-hydrogen) atoms. The number of nitrogens with one attached hydrogen (secondary N) is 2. The van der Waals surface area contributed by atoms with Gasteiger partial charge in [-0.3, -0.25) is 14.6 Å². The average molecular weight is 454 g/mol. The van der Waals surface area contributed by atoms with Crippen LogP contribution in [0.5, 0.6) is 0 Å². The van der Waals surface area contributed by atoms with Gasteiger partial charge in [0.1, 0.15) is 11.4 Å². The van der Waals surface area contributed by atoms with Crippen molar-refractivity contribution in [3.05, 3.63) is 88.1 Å². The fraction of sp³-hybridized carbons (Fsp3) is 0.240. The lowest BCUT2D eigenvalue weighted by atomic mass is 9.83. The first-order chi connectivity index (χ1) is 16.5. The molecule has 5 rings (SSSR count). The minimum absolute atomic E-state index is 0.0458. The standard InChI is InChI=1S/C25H22N6O3/c26-12-16-4-3-5-19(11-16)28-25(34)29-21-7-8-22-18-10-17(14-31(22)24(21)33)13-30(15-18)23(32)20-6-1-2-9-27-20/h1-9,11,17-18H,10,13-15H2,(H2,28,29,34). The van der Waals surface area contributed by atoms with Gasteiger partial charge in [0, 0.05) is 43.1 Å². The molecule has 0 radical (unpaired) electrons. The third-order valence-electron chi connectivity index (χ3n) is 6.27. The third kappa shape index (κ3) is 4.13. The van der Waals surface area contributed by atoms with Crippen LogP contribution in [0.4, 0.5) is 16.2 Å². The van der Waals surface area contributed by atoms with Crippen LogP contribution in [0.15, 0.2) is 65.6 Å². The predicted molar refractivity (Wildman–Crippen MR) is 125 cm³/mol. The van der Waals surface area contributed by atoms with Crippen LogP contribution in [0.25, 0.3) is 0 Å². The molecule has 2 unspecified atom stereocenters. The highest BCUT2D eigenvalue weighted by Gasteiger charge is 2.37. The Morgan fingerprint density at radius 1 is 1.03 bits per heavy atom. The van der Waals surface area contributed by atoms with Crippen LogP contribution in [0.1, 0.15) is 34.1 Å². The molecule has 3 amide bonds. The number of hydrogen-bond acceptors (Lipinski definition) is 5. The van der Waals surface area contributed by atoms with E-state index in [4.69, 9.17) is 5.26 Å². The smallest absolute Gasteiger partial charge is 0.323 e. The number of hydrogen-bond donors (Lipinski definition) is 2. The first-order valence-electron chi connectivity index (χ1n) is 11.0. The van der Waals surface area contributed by atoms with Gasteiger partial charge in [0.15, 0.2) is 0 Å². The Labute approximate surface area is 195 Å². The van der Waals surface area contributed by atoms with Gasteiger partial charge in [-0.25, -0.2) is 4.79 Å². The molecule has 2 N–H and O–H groups in total. The number of anilines is 2. The lowest BCUT2D eigenvalue weighted by Gasteiger charge is -2.42. The lowest BCUT2D eigenvalue weighted by molar-refractivity contribution is 0.0589. The number of rotatable bonds is 3. The zero-order valence-electron chi connectivity index (χ0n) is 18.3. The Hall–Kier alpha value is -4.45. The van der Waals surface area contributed by atoms with Gasteiger partial charge >= 0.3 is 6.03 Å². The molecule has 9 nitrogen and oxygen atoms in total. The minimum atomic E-state index is -0.559. The van der Waals surface area contributed by atoms with Crippen LogP contribution < -0.4 is 16.2 Å². The first-order valence-corrected chi connectivity index (χ1v) is 11.0. The fourth-order valence-corrected chi connectivity index (χ4v) is 4.81. The van der Waals surface area contributed by atoms with Crippen molar-refractivity contribution in [1.29, 1.82) is 5.26 Å². The van der Waals surface area contributed by atoms with Crippen LogP contribution in [-0.4, -0.2) is 39.5 Å². The lowest BCUT2D eigenvalue weighted by Crippen LogP contribution is -2.49. The Kier molecular flexibility index (Phi) is 5.55. The fourth-order valence-electron chi connectivity index (χ4n) is 4.81. The van der Waals surface area contributed by atoms with Gasteiger partial charge in [0.05, 0.1) is 11.6 Å². The van der Waals surface area contributed by atoms with Gasteiger partial charge in [-0.1, -0.05) is 12.1 Å². The summed E-state index contributed by atoms with van der Waals surface area (Å²) >= 11 is 0. The Morgan fingerprint density at radius 3 is 2.71 bits per heavy atom. The average Bonchev–Trinajstić information content (AvgIpc) is 2.86. The summed E-state index contributed by atoms with van der Waals surface area (Å²) < 4.78 is 1.72. The van der Waals surface area contributed by atoms with E-state index in [1.165, 1.54) is 0 Å². The number of fused-ring (bicyclic) bond motifs is 4. The molecule has 0 aliphatic carbocycles. The molecule has 4 heterocycles. The topological polar surface area (TPSA) is 120 Å². The Bertz CT molecular complexity index is 1360. The normalized spacial score (nSPS) is 18.4. The molecule has 2 bridgehead atoms. The molecular weight excluding hydrogens is 432 g/mol. The zero-order valence-corrected chi connectivity index (χ0v) is 18.3. The number of benzene rings is 1. The maximum atomic E-state index is 13.2. The van der Waals surface area contributed by atoms with E-state index in [-0.39, 0.29) is 29.0 Å². The van der Waals surface area contributed by atoms with E-state index in [0.717, 1.165) is 12.1 Å². The summed E-state index contributed by atoms with van der Waals surface area (Å²) in [5, 5.41) is 14.3. The molecule has 3 aromatic rings. The van der Waals surface area contributed by atoms with E-state index >= 15 is 0 Å². The molecule has 2 aromatic heterocycles. The van der Waals surface area contributed by atoms with Crippen LogP contribution in [0.3, 0.4) is 0 Å². The molecular formula is C25H22N6O3. The first kappa shape index (κ1) is 21.4. The van der Waals surface area contributed by atoms with Crippen molar-refractivity contribution in [2.45, 2.75) is 18.9 Å². The third-order valence-corrected chi connectivity index (χ3v) is 6.27. The molecule has 1 fully saturated rings. The van der Waals surface area contributed by atoms with E-state index in [9.17, 15) is 14.4 Å². The van der Waals surface area contributed by atoms with E-state index in [2.05, 4.69) is 15.6 Å². The van der Waals surface area contributed by atoms with Crippen LogP contribution in [-0.2, 0) is 6.54 Å². The molecule has 2 atom stereocenters. The monoisotopic (exact) mass is 454 g/mol. The van der Waals surface area contributed by atoms with Crippen LogP contribution in [0.2, 0.25) is 0 Å². The summed E-state index contributed by atoms with van der Waals surface area (Å²) in [6, 6.07) is 16.7. The molecule has 0 saturated carbocycles.